The van der Waals surface area contributed by atoms with E-state index < -0.39 is 36.4 Å². The van der Waals surface area contributed by atoms with Crippen LogP contribution in [-0.2, 0) is 24.6 Å². The van der Waals surface area contributed by atoms with Gasteiger partial charge < -0.3 is 25.3 Å². The van der Waals surface area contributed by atoms with E-state index in [0.717, 1.165) is 25.9 Å². The van der Waals surface area contributed by atoms with Crippen LogP contribution in [0, 0.1) is 0 Å². The number of rotatable bonds is 8. The summed E-state index contributed by atoms with van der Waals surface area (Å²) in [7, 11) is 2.13. The minimum Gasteiger partial charge on any atom is -0.481 e. The van der Waals surface area contributed by atoms with Crippen LogP contribution in [0.4, 0.5) is 0 Å². The van der Waals surface area contributed by atoms with Crippen molar-refractivity contribution in [3.8, 4) is 0 Å². The summed E-state index contributed by atoms with van der Waals surface area (Å²) in [6.45, 7) is 4.01. The molecule has 0 bridgehead atoms. The molecule has 0 unspecified atom stereocenters. The third kappa shape index (κ3) is 6.64. The molecular weight excluding hydrogens is 394 g/mol. The highest BCUT2D eigenvalue weighted by atomic mass is 16.4. The molecule has 9 nitrogen and oxygen atoms in total. The summed E-state index contributed by atoms with van der Waals surface area (Å²) >= 11 is 0. The van der Waals surface area contributed by atoms with Crippen molar-refractivity contribution < 1.29 is 39.6 Å². The molecule has 4 N–H and O–H groups in total. The fraction of sp³-hybridized carbons (Fsp3) is 0.524. The molecule has 1 fully saturated rings. The number of likely N-dealkylation sites (tertiary alicyclic amines) is 1. The Bertz CT molecular complexity index is 738. The van der Waals surface area contributed by atoms with Crippen LogP contribution in [0.2, 0.25) is 0 Å². The molecular formula is C21H29NO8. The fourth-order valence-corrected chi connectivity index (χ4v) is 3.54. The first-order valence-electron chi connectivity index (χ1n) is 9.63. The van der Waals surface area contributed by atoms with E-state index in [1.165, 1.54) is 5.56 Å². The van der Waals surface area contributed by atoms with Gasteiger partial charge >= 0.3 is 17.9 Å². The quantitative estimate of drug-likeness (QED) is 0.486. The van der Waals surface area contributed by atoms with Gasteiger partial charge in [-0.05, 0) is 38.5 Å². The summed E-state index contributed by atoms with van der Waals surface area (Å²) in [4.78, 5) is 45.2. The number of nitrogens with zero attached hydrogens (tertiary/aromatic N) is 1. The van der Waals surface area contributed by atoms with E-state index in [1.807, 2.05) is 25.1 Å². The van der Waals surface area contributed by atoms with Crippen molar-refractivity contribution in [1.82, 2.24) is 4.90 Å². The Labute approximate surface area is 174 Å². The Morgan fingerprint density at radius 1 is 0.967 bits per heavy atom. The lowest BCUT2D eigenvalue weighted by atomic mass is 9.69. The van der Waals surface area contributed by atoms with Crippen LogP contribution >= 0.6 is 0 Å². The van der Waals surface area contributed by atoms with Gasteiger partial charge in [-0.25, -0.2) is 4.79 Å². The molecule has 9 heteroatoms. The number of carboxylic acid groups (broad SMARTS) is 3. The summed E-state index contributed by atoms with van der Waals surface area (Å²) < 4.78 is 0. The third-order valence-electron chi connectivity index (χ3n) is 5.31. The average molecular weight is 423 g/mol. The van der Waals surface area contributed by atoms with E-state index in [-0.39, 0.29) is 5.41 Å². The standard InChI is InChI=1S/C15H21NO.C6H8O7/c1-3-14(17)15(9-11-16(2)12-10-15)13-7-5-4-6-8-13;7-3(8)1-6(13,5(11)12)2-4(9)10/h4-8H,3,9-12H2,1-2H3;13H,1-2H2,(H,7,8)(H,9,10)(H,11,12). The van der Waals surface area contributed by atoms with Crippen molar-refractivity contribution in [2.45, 2.75) is 50.0 Å². The Morgan fingerprint density at radius 3 is 1.80 bits per heavy atom. The molecule has 0 atom stereocenters. The SMILES string of the molecule is CCC(=O)C1(c2ccccc2)CCN(C)CC1.O=C(O)CC(O)(CC(=O)O)C(=O)O. The second kappa shape index (κ2) is 10.8. The van der Waals surface area contributed by atoms with Crippen LogP contribution < -0.4 is 0 Å². The van der Waals surface area contributed by atoms with Gasteiger partial charge in [0.25, 0.3) is 0 Å². The number of aliphatic carboxylic acids is 3. The monoisotopic (exact) mass is 423 g/mol. The summed E-state index contributed by atoms with van der Waals surface area (Å²) in [5, 5.41) is 33.8. The fourth-order valence-electron chi connectivity index (χ4n) is 3.54. The van der Waals surface area contributed by atoms with Gasteiger partial charge in [0.2, 0.25) is 0 Å². The topological polar surface area (TPSA) is 152 Å². The number of ketones is 1. The smallest absolute Gasteiger partial charge is 0.336 e. The van der Waals surface area contributed by atoms with Gasteiger partial charge in [-0.1, -0.05) is 37.3 Å². The molecule has 1 saturated heterocycles. The summed E-state index contributed by atoms with van der Waals surface area (Å²) in [5.74, 6) is -4.62. The number of benzene rings is 1. The zero-order chi connectivity index (χ0) is 22.9. The van der Waals surface area contributed by atoms with Crippen molar-refractivity contribution in [3.63, 3.8) is 0 Å². The first-order valence-corrected chi connectivity index (χ1v) is 9.63. The number of piperidine rings is 1. The number of Topliss-reactive ketones (excluding diaryl/α,β-unsaturated/α-hetero) is 1. The molecule has 0 radical (unpaired) electrons. The number of carboxylic acids is 3. The predicted octanol–water partition coefficient (Wildman–Crippen LogP) is 1.38. The van der Waals surface area contributed by atoms with Crippen LogP contribution in [0.3, 0.4) is 0 Å². The second-order valence-corrected chi connectivity index (χ2v) is 7.51. The van der Waals surface area contributed by atoms with E-state index in [1.54, 1.807) is 0 Å². The first-order chi connectivity index (χ1) is 14.0. The molecule has 0 aliphatic carbocycles. The normalized spacial score (nSPS) is 16.1. The van der Waals surface area contributed by atoms with Crippen LogP contribution in [0.5, 0.6) is 0 Å². The highest BCUT2D eigenvalue weighted by Gasteiger charge is 2.41. The maximum absolute atomic E-state index is 12.4. The van der Waals surface area contributed by atoms with Crippen molar-refractivity contribution >= 4 is 23.7 Å². The molecule has 30 heavy (non-hydrogen) atoms. The first kappa shape index (κ1) is 25.3. The molecule has 0 saturated carbocycles. The number of hydrogen-bond donors (Lipinski definition) is 4. The molecule has 1 heterocycles. The van der Waals surface area contributed by atoms with Crippen molar-refractivity contribution in [2.75, 3.05) is 20.1 Å². The van der Waals surface area contributed by atoms with Gasteiger partial charge in [0.1, 0.15) is 5.78 Å². The van der Waals surface area contributed by atoms with Crippen LogP contribution in [0.15, 0.2) is 30.3 Å². The molecule has 1 aromatic rings. The molecule has 166 valence electrons. The number of carbonyl (C=O) groups is 4. The minimum atomic E-state index is -2.74. The molecule has 1 aromatic carbocycles. The predicted molar refractivity (Wildman–Crippen MR) is 107 cm³/mol. The molecule has 0 aromatic heterocycles. The molecule has 1 aliphatic heterocycles. The van der Waals surface area contributed by atoms with Gasteiger partial charge in [-0.2, -0.15) is 0 Å². The van der Waals surface area contributed by atoms with Crippen LogP contribution in [-0.4, -0.2) is 74.8 Å². The number of aliphatic hydroxyl groups is 1. The second-order valence-electron chi connectivity index (χ2n) is 7.51. The van der Waals surface area contributed by atoms with E-state index >= 15 is 0 Å². The van der Waals surface area contributed by atoms with E-state index in [9.17, 15) is 19.2 Å². The number of carbonyl (C=O) groups excluding carboxylic acids is 1. The van der Waals surface area contributed by atoms with Crippen molar-refractivity contribution in [2.24, 2.45) is 0 Å². The van der Waals surface area contributed by atoms with Gasteiger partial charge in [0.05, 0.1) is 18.3 Å². The summed E-state index contributed by atoms with van der Waals surface area (Å²) in [6, 6.07) is 10.3. The lowest BCUT2D eigenvalue weighted by molar-refractivity contribution is -0.170. The zero-order valence-electron chi connectivity index (χ0n) is 17.2. The minimum absolute atomic E-state index is 0.220. The van der Waals surface area contributed by atoms with Gasteiger partial charge in [0.15, 0.2) is 5.60 Å². The Kier molecular flexibility index (Phi) is 9.13. The highest BCUT2D eigenvalue weighted by molar-refractivity contribution is 5.90. The molecule has 0 amide bonds. The highest BCUT2D eigenvalue weighted by Crippen LogP contribution is 2.36. The maximum atomic E-state index is 12.4. The zero-order valence-corrected chi connectivity index (χ0v) is 17.2. The van der Waals surface area contributed by atoms with E-state index in [0.29, 0.717) is 12.2 Å². The molecule has 1 aliphatic rings. The van der Waals surface area contributed by atoms with E-state index in [2.05, 4.69) is 24.1 Å². The van der Waals surface area contributed by atoms with Crippen molar-refractivity contribution in [1.29, 1.82) is 0 Å². The Balaban J connectivity index is 0.000000314. The van der Waals surface area contributed by atoms with E-state index in [4.69, 9.17) is 20.4 Å². The lowest BCUT2D eigenvalue weighted by Crippen LogP contribution is -2.45. The van der Waals surface area contributed by atoms with Gasteiger partial charge in [-0.15, -0.1) is 0 Å². The van der Waals surface area contributed by atoms with Crippen LogP contribution in [0.1, 0.15) is 44.6 Å². The Morgan fingerprint density at radius 2 is 1.43 bits per heavy atom. The largest absolute Gasteiger partial charge is 0.481 e. The average Bonchev–Trinajstić information content (AvgIpc) is 2.68. The maximum Gasteiger partial charge on any atom is 0.336 e. The number of hydrogen-bond acceptors (Lipinski definition) is 6. The summed E-state index contributed by atoms with van der Waals surface area (Å²) in [6.07, 6.45) is 0.266. The van der Waals surface area contributed by atoms with Gasteiger partial charge in [-0.3, -0.25) is 14.4 Å². The van der Waals surface area contributed by atoms with Gasteiger partial charge in [0, 0.05) is 6.42 Å². The van der Waals surface area contributed by atoms with Crippen LogP contribution in [0.25, 0.3) is 0 Å². The molecule has 2 rings (SSSR count). The Hall–Kier alpha value is -2.78. The third-order valence-corrected chi connectivity index (χ3v) is 5.31. The summed E-state index contributed by atoms with van der Waals surface area (Å²) in [5.41, 5.74) is -1.75. The molecule has 0 spiro atoms. The lowest BCUT2D eigenvalue weighted by Gasteiger charge is -2.39. The van der Waals surface area contributed by atoms with Crippen molar-refractivity contribution in [3.05, 3.63) is 35.9 Å².